The fourth-order valence-electron chi connectivity index (χ4n) is 0.876. The van der Waals surface area contributed by atoms with Crippen molar-refractivity contribution in [1.29, 1.82) is 0 Å². The summed E-state index contributed by atoms with van der Waals surface area (Å²) in [7, 11) is -1.09. The van der Waals surface area contributed by atoms with E-state index in [1.54, 1.807) is 0 Å². The van der Waals surface area contributed by atoms with Crippen LogP contribution in [0.25, 0.3) is 0 Å². The van der Waals surface area contributed by atoms with Crippen LogP contribution in [0.2, 0.25) is 0 Å². The van der Waals surface area contributed by atoms with Crippen LogP contribution in [-0.2, 0) is 11.0 Å². The third-order valence-corrected chi connectivity index (χ3v) is 3.28. The summed E-state index contributed by atoms with van der Waals surface area (Å²) in [5, 5.41) is 5.20. The van der Waals surface area contributed by atoms with Crippen LogP contribution in [0.5, 0.6) is 0 Å². The zero-order valence-electron chi connectivity index (χ0n) is 5.02. The Morgan fingerprint density at radius 2 is 2.12 bits per heavy atom. The summed E-state index contributed by atoms with van der Waals surface area (Å²) in [4.78, 5) is 0. The molecule has 0 aromatic carbocycles. The molecule has 1 aliphatic rings. The Morgan fingerprint density at radius 1 is 1.62 bits per heavy atom. The zero-order chi connectivity index (χ0) is 6.20. The highest BCUT2D eigenvalue weighted by atomic mass is 32.2. The fraction of sp³-hybridized carbons (Fsp3) is 1.00. The van der Waals surface area contributed by atoms with Crippen LogP contribution in [0.1, 0.15) is 26.2 Å². The van der Waals surface area contributed by atoms with Gasteiger partial charge in [0.15, 0.2) is 0 Å². The lowest BCUT2D eigenvalue weighted by Crippen LogP contribution is -2.41. The molecule has 2 N–H and O–H groups in total. The van der Waals surface area contributed by atoms with Gasteiger partial charge in [-0.1, -0.05) is 6.42 Å². The van der Waals surface area contributed by atoms with Crippen molar-refractivity contribution in [3.63, 3.8) is 0 Å². The maximum Gasteiger partial charge on any atom is 0.0948 e. The standard InChI is InChI=1S/C5H11NOS/c1-5(8(6)7)3-2-4-5/h2-4,6H2,1H3. The average molecular weight is 133 g/mol. The summed E-state index contributed by atoms with van der Waals surface area (Å²) in [5.74, 6) is 0. The highest BCUT2D eigenvalue weighted by molar-refractivity contribution is 7.84. The van der Waals surface area contributed by atoms with E-state index in [9.17, 15) is 4.21 Å². The highest BCUT2D eigenvalue weighted by Gasteiger charge is 2.36. The van der Waals surface area contributed by atoms with E-state index in [-0.39, 0.29) is 4.75 Å². The molecule has 1 unspecified atom stereocenters. The van der Waals surface area contributed by atoms with Crippen LogP contribution in [0.4, 0.5) is 0 Å². The second-order valence-corrected chi connectivity index (χ2v) is 4.18. The van der Waals surface area contributed by atoms with Gasteiger partial charge in [0.05, 0.1) is 15.7 Å². The van der Waals surface area contributed by atoms with E-state index in [1.807, 2.05) is 6.92 Å². The van der Waals surface area contributed by atoms with Gasteiger partial charge < -0.3 is 0 Å². The van der Waals surface area contributed by atoms with Crippen molar-refractivity contribution >= 4 is 11.0 Å². The van der Waals surface area contributed by atoms with E-state index < -0.39 is 11.0 Å². The number of nitrogens with two attached hydrogens (primary N) is 1. The van der Waals surface area contributed by atoms with E-state index in [2.05, 4.69) is 0 Å². The van der Waals surface area contributed by atoms with Crippen LogP contribution in [-0.4, -0.2) is 8.96 Å². The van der Waals surface area contributed by atoms with Gasteiger partial charge in [-0.15, -0.1) is 0 Å². The predicted octanol–water partition coefficient (Wildman–Crippen LogP) is 0.551. The van der Waals surface area contributed by atoms with Crippen molar-refractivity contribution in [2.75, 3.05) is 0 Å². The van der Waals surface area contributed by atoms with Crippen molar-refractivity contribution in [2.24, 2.45) is 5.14 Å². The lowest BCUT2D eigenvalue weighted by atomic mass is 9.86. The van der Waals surface area contributed by atoms with Crippen molar-refractivity contribution in [1.82, 2.24) is 0 Å². The highest BCUT2D eigenvalue weighted by Crippen LogP contribution is 2.34. The molecule has 0 bridgehead atoms. The first-order valence-corrected chi connectivity index (χ1v) is 4.03. The quantitative estimate of drug-likeness (QED) is 0.557. The first kappa shape index (κ1) is 6.23. The summed E-state index contributed by atoms with van der Waals surface area (Å²) in [5.41, 5.74) is 0. The topological polar surface area (TPSA) is 43.1 Å². The SMILES string of the molecule is CC1(S(N)=O)CCC1. The Bertz CT molecular complexity index is 120. The second kappa shape index (κ2) is 1.81. The largest absolute Gasteiger partial charge is 0.251 e. The van der Waals surface area contributed by atoms with Crippen molar-refractivity contribution in [3.8, 4) is 0 Å². The second-order valence-electron chi connectivity index (χ2n) is 2.60. The minimum absolute atomic E-state index is 0.0278. The van der Waals surface area contributed by atoms with Crippen molar-refractivity contribution < 1.29 is 4.21 Å². The molecule has 0 radical (unpaired) electrons. The molecule has 0 spiro atoms. The molecule has 3 heteroatoms. The maximum absolute atomic E-state index is 10.6. The first-order chi connectivity index (χ1) is 3.65. The maximum atomic E-state index is 10.6. The zero-order valence-corrected chi connectivity index (χ0v) is 5.83. The fourth-order valence-corrected chi connectivity index (χ4v) is 1.57. The lowest BCUT2D eigenvalue weighted by molar-refractivity contribution is 0.379. The summed E-state index contributed by atoms with van der Waals surface area (Å²) in [6.07, 6.45) is 3.27. The van der Waals surface area contributed by atoms with Gasteiger partial charge in [0.2, 0.25) is 0 Å². The van der Waals surface area contributed by atoms with Gasteiger partial charge in [0, 0.05) is 0 Å². The molecule has 0 amide bonds. The third-order valence-electron chi connectivity index (χ3n) is 1.90. The van der Waals surface area contributed by atoms with Gasteiger partial charge in [-0.05, 0) is 19.8 Å². The van der Waals surface area contributed by atoms with E-state index in [1.165, 1.54) is 6.42 Å². The van der Waals surface area contributed by atoms with E-state index >= 15 is 0 Å². The molecule has 0 aromatic heterocycles. The smallest absolute Gasteiger partial charge is 0.0948 e. The number of rotatable bonds is 1. The normalized spacial score (nSPS) is 28.8. The minimum atomic E-state index is -1.09. The average Bonchev–Trinajstić information content (AvgIpc) is 1.60. The van der Waals surface area contributed by atoms with Gasteiger partial charge >= 0.3 is 0 Å². The number of hydrogen-bond acceptors (Lipinski definition) is 1. The van der Waals surface area contributed by atoms with Gasteiger partial charge in [-0.3, -0.25) is 5.14 Å². The third kappa shape index (κ3) is 0.801. The lowest BCUT2D eigenvalue weighted by Gasteiger charge is -2.34. The Labute approximate surface area is 52.0 Å². The molecule has 1 aliphatic carbocycles. The molecule has 8 heavy (non-hydrogen) atoms. The summed E-state index contributed by atoms with van der Waals surface area (Å²) in [6.45, 7) is 1.98. The van der Waals surface area contributed by atoms with Crippen LogP contribution in [0, 0.1) is 0 Å². The molecule has 0 saturated heterocycles. The van der Waals surface area contributed by atoms with E-state index in [4.69, 9.17) is 5.14 Å². The predicted molar refractivity (Wildman–Crippen MR) is 34.6 cm³/mol. The van der Waals surface area contributed by atoms with Crippen LogP contribution >= 0.6 is 0 Å². The summed E-state index contributed by atoms with van der Waals surface area (Å²) in [6, 6.07) is 0. The molecule has 1 rings (SSSR count). The molecular formula is C5H11NOS. The van der Waals surface area contributed by atoms with Gasteiger partial charge in [0.1, 0.15) is 0 Å². The Hall–Kier alpha value is 0.110. The van der Waals surface area contributed by atoms with Crippen molar-refractivity contribution in [2.45, 2.75) is 30.9 Å². The van der Waals surface area contributed by atoms with E-state index in [0.29, 0.717) is 0 Å². The first-order valence-electron chi connectivity index (χ1n) is 2.81. The van der Waals surface area contributed by atoms with Crippen molar-refractivity contribution in [3.05, 3.63) is 0 Å². The molecule has 0 heterocycles. The Kier molecular flexibility index (Phi) is 1.41. The Morgan fingerprint density at radius 3 is 2.12 bits per heavy atom. The van der Waals surface area contributed by atoms with Gasteiger partial charge in [0.25, 0.3) is 0 Å². The monoisotopic (exact) mass is 133 g/mol. The minimum Gasteiger partial charge on any atom is -0.251 e. The summed E-state index contributed by atoms with van der Waals surface area (Å²) < 4.78 is 10.6. The van der Waals surface area contributed by atoms with Crippen LogP contribution < -0.4 is 5.14 Å². The van der Waals surface area contributed by atoms with Gasteiger partial charge in [-0.2, -0.15) is 0 Å². The molecule has 1 fully saturated rings. The molecule has 1 atom stereocenters. The molecule has 1 saturated carbocycles. The van der Waals surface area contributed by atoms with Gasteiger partial charge in [-0.25, -0.2) is 4.21 Å². The molecule has 0 aromatic rings. The Balaban J connectivity index is 2.53. The molecule has 0 aliphatic heterocycles. The van der Waals surface area contributed by atoms with Crippen LogP contribution in [0.3, 0.4) is 0 Å². The van der Waals surface area contributed by atoms with Crippen LogP contribution in [0.15, 0.2) is 0 Å². The number of hydrogen-bond donors (Lipinski definition) is 1. The molecular weight excluding hydrogens is 122 g/mol. The molecule has 48 valence electrons. The summed E-state index contributed by atoms with van der Waals surface area (Å²) >= 11 is 0. The van der Waals surface area contributed by atoms with E-state index in [0.717, 1.165) is 12.8 Å². The molecule has 2 nitrogen and oxygen atoms in total.